The minimum Gasteiger partial charge on any atom is -0.353 e. The summed E-state index contributed by atoms with van der Waals surface area (Å²) in [5.74, 6) is 0.205. The summed E-state index contributed by atoms with van der Waals surface area (Å²) in [6.07, 6.45) is 2.61. The molecule has 4 heteroatoms. The summed E-state index contributed by atoms with van der Waals surface area (Å²) in [5.41, 5.74) is 0. The maximum atomic E-state index is 13.5. The van der Waals surface area contributed by atoms with Gasteiger partial charge in [-0.2, -0.15) is 0 Å². The van der Waals surface area contributed by atoms with Crippen LogP contribution in [0.5, 0.6) is 0 Å². The van der Waals surface area contributed by atoms with E-state index in [1.807, 2.05) is 11.9 Å². The third kappa shape index (κ3) is 3.47. The Hall–Kier alpha value is -1.16. The maximum absolute atomic E-state index is 13.5. The van der Waals surface area contributed by atoms with Crippen LogP contribution in [-0.2, 0) is 0 Å². The Kier molecular flexibility index (Phi) is 5.04. The van der Waals surface area contributed by atoms with Gasteiger partial charge in [0.25, 0.3) is 0 Å². The molecule has 0 spiro atoms. The van der Waals surface area contributed by atoms with E-state index in [1.54, 1.807) is 12.3 Å². The predicted octanol–water partition coefficient (Wildman–Crippen LogP) is 1.66. The zero-order chi connectivity index (χ0) is 11.1. The lowest BCUT2D eigenvalue weighted by Gasteiger charge is -2.23. The fourth-order valence-electron chi connectivity index (χ4n) is 1.45. The van der Waals surface area contributed by atoms with Crippen LogP contribution in [0.1, 0.15) is 13.3 Å². The summed E-state index contributed by atoms with van der Waals surface area (Å²) < 4.78 is 13.5. The van der Waals surface area contributed by atoms with Crippen LogP contribution in [0, 0.1) is 5.82 Å². The second kappa shape index (κ2) is 6.35. The van der Waals surface area contributed by atoms with Crippen LogP contribution in [0.2, 0.25) is 0 Å². The lowest BCUT2D eigenvalue weighted by molar-refractivity contribution is 0.602. The number of likely N-dealkylation sites (N-methyl/N-ethyl adjacent to an activating group) is 1. The van der Waals surface area contributed by atoms with Gasteiger partial charge in [-0.05, 0) is 25.6 Å². The van der Waals surface area contributed by atoms with Crippen molar-refractivity contribution in [1.29, 1.82) is 0 Å². The van der Waals surface area contributed by atoms with E-state index in [-0.39, 0.29) is 5.82 Å². The van der Waals surface area contributed by atoms with E-state index < -0.39 is 0 Å². The van der Waals surface area contributed by atoms with Crippen molar-refractivity contribution in [1.82, 2.24) is 10.3 Å². The molecule has 84 valence electrons. The summed E-state index contributed by atoms with van der Waals surface area (Å²) in [6.45, 7) is 4.51. The summed E-state index contributed by atoms with van der Waals surface area (Å²) in [4.78, 5) is 6.04. The molecule has 0 atom stereocenters. The van der Waals surface area contributed by atoms with E-state index in [2.05, 4.69) is 17.2 Å². The van der Waals surface area contributed by atoms with Crippen LogP contribution < -0.4 is 10.2 Å². The van der Waals surface area contributed by atoms with Crippen LogP contribution in [0.3, 0.4) is 0 Å². The third-order valence-corrected chi connectivity index (χ3v) is 2.16. The van der Waals surface area contributed by atoms with Crippen LogP contribution >= 0.6 is 0 Å². The summed E-state index contributed by atoms with van der Waals surface area (Å²) in [5, 5.41) is 3.05. The van der Waals surface area contributed by atoms with Crippen molar-refractivity contribution in [2.24, 2.45) is 0 Å². The van der Waals surface area contributed by atoms with E-state index in [4.69, 9.17) is 0 Å². The van der Waals surface area contributed by atoms with Crippen LogP contribution in [0.15, 0.2) is 18.3 Å². The number of halogens is 1. The van der Waals surface area contributed by atoms with Crippen molar-refractivity contribution >= 4 is 5.82 Å². The Balaban J connectivity index is 2.74. The molecule has 0 amide bonds. The maximum Gasteiger partial charge on any atom is 0.165 e. The number of anilines is 1. The molecule has 0 bridgehead atoms. The van der Waals surface area contributed by atoms with Crippen molar-refractivity contribution in [2.45, 2.75) is 13.3 Å². The standard InChI is InChI=1S/C11H18FN3/c1-3-8-15(9-7-13-2)11-10(12)5-4-6-14-11/h4-6,13H,3,7-9H2,1-2H3. The highest BCUT2D eigenvalue weighted by Gasteiger charge is 2.10. The first-order valence-electron chi connectivity index (χ1n) is 5.29. The summed E-state index contributed by atoms with van der Waals surface area (Å²) in [6, 6.07) is 3.06. The fraction of sp³-hybridized carbons (Fsp3) is 0.545. The summed E-state index contributed by atoms with van der Waals surface area (Å²) in [7, 11) is 1.89. The number of hydrogen-bond donors (Lipinski definition) is 1. The Bertz CT molecular complexity index is 291. The van der Waals surface area contributed by atoms with Gasteiger partial charge in [0, 0.05) is 25.8 Å². The van der Waals surface area contributed by atoms with Gasteiger partial charge in [0.15, 0.2) is 11.6 Å². The van der Waals surface area contributed by atoms with Crippen molar-refractivity contribution in [2.75, 3.05) is 31.6 Å². The van der Waals surface area contributed by atoms with Crippen LogP contribution in [0.4, 0.5) is 10.2 Å². The molecule has 1 heterocycles. The highest BCUT2D eigenvalue weighted by Crippen LogP contribution is 2.14. The molecule has 0 saturated carbocycles. The number of rotatable bonds is 6. The molecule has 0 aliphatic rings. The molecule has 0 aromatic carbocycles. The van der Waals surface area contributed by atoms with Crippen molar-refractivity contribution in [3.8, 4) is 0 Å². The summed E-state index contributed by atoms with van der Waals surface area (Å²) >= 11 is 0. The van der Waals surface area contributed by atoms with E-state index in [0.717, 1.165) is 26.1 Å². The zero-order valence-corrected chi connectivity index (χ0v) is 9.33. The molecule has 3 nitrogen and oxygen atoms in total. The first kappa shape index (κ1) is 11.9. The first-order chi connectivity index (χ1) is 7.29. The van der Waals surface area contributed by atoms with E-state index in [1.165, 1.54) is 6.07 Å². The highest BCUT2D eigenvalue weighted by atomic mass is 19.1. The lowest BCUT2D eigenvalue weighted by Crippen LogP contribution is -2.32. The Morgan fingerprint density at radius 3 is 2.87 bits per heavy atom. The lowest BCUT2D eigenvalue weighted by atomic mass is 10.3. The van der Waals surface area contributed by atoms with E-state index in [0.29, 0.717) is 5.82 Å². The Morgan fingerprint density at radius 1 is 1.47 bits per heavy atom. The SMILES string of the molecule is CCCN(CCNC)c1ncccc1F. The second-order valence-corrected chi connectivity index (χ2v) is 3.40. The smallest absolute Gasteiger partial charge is 0.165 e. The highest BCUT2D eigenvalue weighted by molar-refractivity contribution is 5.39. The molecule has 0 fully saturated rings. The number of aromatic nitrogens is 1. The van der Waals surface area contributed by atoms with Gasteiger partial charge >= 0.3 is 0 Å². The van der Waals surface area contributed by atoms with Gasteiger partial charge in [-0.3, -0.25) is 0 Å². The molecule has 0 saturated heterocycles. The third-order valence-electron chi connectivity index (χ3n) is 2.16. The minimum absolute atomic E-state index is 0.248. The molecule has 0 unspecified atom stereocenters. The Labute approximate surface area is 90.3 Å². The monoisotopic (exact) mass is 211 g/mol. The molecule has 1 rings (SSSR count). The average molecular weight is 211 g/mol. The largest absolute Gasteiger partial charge is 0.353 e. The molecule has 1 aromatic heterocycles. The van der Waals surface area contributed by atoms with Crippen molar-refractivity contribution < 1.29 is 4.39 Å². The molecule has 0 aliphatic carbocycles. The van der Waals surface area contributed by atoms with Gasteiger partial charge in [-0.15, -0.1) is 0 Å². The topological polar surface area (TPSA) is 28.2 Å². The second-order valence-electron chi connectivity index (χ2n) is 3.40. The zero-order valence-electron chi connectivity index (χ0n) is 9.33. The Morgan fingerprint density at radius 2 is 2.27 bits per heavy atom. The fourth-order valence-corrected chi connectivity index (χ4v) is 1.45. The number of nitrogens with zero attached hydrogens (tertiary/aromatic N) is 2. The normalized spacial score (nSPS) is 10.3. The van der Waals surface area contributed by atoms with Crippen LogP contribution in [0.25, 0.3) is 0 Å². The van der Waals surface area contributed by atoms with Gasteiger partial charge in [-0.1, -0.05) is 6.92 Å². The number of pyridine rings is 1. The van der Waals surface area contributed by atoms with E-state index >= 15 is 0 Å². The molecular formula is C11H18FN3. The average Bonchev–Trinajstić information content (AvgIpc) is 2.25. The molecule has 15 heavy (non-hydrogen) atoms. The van der Waals surface area contributed by atoms with E-state index in [9.17, 15) is 4.39 Å². The van der Waals surface area contributed by atoms with Gasteiger partial charge in [-0.25, -0.2) is 9.37 Å². The number of hydrogen-bond acceptors (Lipinski definition) is 3. The number of nitrogens with one attached hydrogen (secondary N) is 1. The predicted molar refractivity (Wildman–Crippen MR) is 60.6 cm³/mol. The van der Waals surface area contributed by atoms with Crippen LogP contribution in [-0.4, -0.2) is 31.7 Å². The molecule has 0 radical (unpaired) electrons. The van der Waals surface area contributed by atoms with Gasteiger partial charge in [0.2, 0.25) is 0 Å². The first-order valence-corrected chi connectivity index (χ1v) is 5.29. The van der Waals surface area contributed by atoms with Crippen molar-refractivity contribution in [3.05, 3.63) is 24.1 Å². The van der Waals surface area contributed by atoms with Gasteiger partial charge in [0.1, 0.15) is 0 Å². The molecule has 1 N–H and O–H groups in total. The minimum atomic E-state index is -0.248. The quantitative estimate of drug-likeness (QED) is 0.775. The van der Waals surface area contributed by atoms with Gasteiger partial charge < -0.3 is 10.2 Å². The van der Waals surface area contributed by atoms with Gasteiger partial charge in [0.05, 0.1) is 0 Å². The molecule has 0 aliphatic heterocycles. The molecule has 1 aromatic rings. The molecular weight excluding hydrogens is 193 g/mol. The van der Waals surface area contributed by atoms with Crippen molar-refractivity contribution in [3.63, 3.8) is 0 Å².